The minimum Gasteiger partial charge on any atom is -0.464 e. The van der Waals surface area contributed by atoms with Crippen molar-refractivity contribution in [3.05, 3.63) is 102 Å². The fourth-order valence-electron chi connectivity index (χ4n) is 4.64. The van der Waals surface area contributed by atoms with Gasteiger partial charge in [-0.3, -0.25) is 9.59 Å². The molecule has 0 aliphatic heterocycles. The third-order valence-electron chi connectivity index (χ3n) is 6.66. The van der Waals surface area contributed by atoms with Gasteiger partial charge in [0.15, 0.2) is 5.82 Å². The smallest absolute Gasteiger partial charge is 0.287 e. The summed E-state index contributed by atoms with van der Waals surface area (Å²) in [6.45, 7) is 0.410. The number of fused-ring (bicyclic) bond motifs is 2. The average molecular weight is 481 g/mol. The van der Waals surface area contributed by atoms with Gasteiger partial charge >= 0.3 is 0 Å². The lowest BCUT2D eigenvalue weighted by atomic mass is 10.0. The van der Waals surface area contributed by atoms with Crippen LogP contribution in [0.5, 0.6) is 0 Å². The highest BCUT2D eigenvalue weighted by atomic mass is 16.3. The van der Waals surface area contributed by atoms with Gasteiger partial charge in [-0.1, -0.05) is 48.5 Å². The first kappa shape index (κ1) is 23.4. The lowest BCUT2D eigenvalue weighted by molar-refractivity contribution is 0.0724. The van der Waals surface area contributed by atoms with E-state index in [4.69, 9.17) is 4.42 Å². The number of hydrogen-bond donors (Lipinski definition) is 1. The molecule has 0 fully saturated rings. The normalized spacial score (nSPS) is 12.1. The Hall–Kier alpha value is -4.39. The zero-order valence-electron chi connectivity index (χ0n) is 20.3. The summed E-state index contributed by atoms with van der Waals surface area (Å²) in [6, 6.07) is 24.9. The van der Waals surface area contributed by atoms with E-state index >= 15 is 0 Å². The van der Waals surface area contributed by atoms with E-state index in [0.717, 1.165) is 22.0 Å². The lowest BCUT2D eigenvalue weighted by Crippen LogP contribution is -2.41. The predicted molar refractivity (Wildman–Crippen MR) is 140 cm³/mol. The lowest BCUT2D eigenvalue weighted by Gasteiger charge is -2.29. The molecule has 5 rings (SSSR count). The van der Waals surface area contributed by atoms with Gasteiger partial charge in [0, 0.05) is 32.1 Å². The second kappa shape index (κ2) is 10.1. The van der Waals surface area contributed by atoms with Crippen molar-refractivity contribution in [1.29, 1.82) is 0 Å². The summed E-state index contributed by atoms with van der Waals surface area (Å²) in [5, 5.41) is 3.80. The molecule has 0 unspecified atom stereocenters. The molecule has 2 heterocycles. The van der Waals surface area contributed by atoms with Gasteiger partial charge in [0.25, 0.3) is 11.8 Å². The standard InChI is InChI=1S/C29H28N4O3/c1-32(29(35)23-11-8-14-26-22(23)16-18-36-26)21(19-20-9-4-3-5-10-20)15-17-30-28(34)27-31-24-12-6-7-13-25(24)33(27)2/h3-14,16,18,21H,15,17,19H2,1-2H3,(H,30,34)/t21-/m1/s1. The SMILES string of the molecule is CN(C(=O)c1cccc2occc12)[C@H](CCNC(=O)c1nc2ccccc2n1C)Cc1ccccc1. The second-order valence-corrected chi connectivity index (χ2v) is 8.93. The minimum absolute atomic E-state index is 0.0791. The van der Waals surface area contributed by atoms with Crippen LogP contribution in [0, 0.1) is 0 Å². The van der Waals surface area contributed by atoms with Crippen LogP contribution in [-0.2, 0) is 13.5 Å². The maximum absolute atomic E-state index is 13.5. The van der Waals surface area contributed by atoms with Crippen LogP contribution in [-0.4, -0.2) is 45.9 Å². The van der Waals surface area contributed by atoms with Crippen molar-refractivity contribution in [1.82, 2.24) is 19.8 Å². The topological polar surface area (TPSA) is 80.4 Å². The molecule has 1 atom stereocenters. The monoisotopic (exact) mass is 480 g/mol. The summed E-state index contributed by atoms with van der Waals surface area (Å²) in [4.78, 5) is 32.7. The zero-order valence-corrected chi connectivity index (χ0v) is 20.3. The van der Waals surface area contributed by atoms with Crippen molar-refractivity contribution >= 4 is 33.8 Å². The van der Waals surface area contributed by atoms with Crippen LogP contribution < -0.4 is 5.32 Å². The van der Waals surface area contributed by atoms with Gasteiger partial charge < -0.3 is 19.2 Å². The van der Waals surface area contributed by atoms with Crippen molar-refractivity contribution in [2.24, 2.45) is 7.05 Å². The molecule has 36 heavy (non-hydrogen) atoms. The Kier molecular flexibility index (Phi) is 6.54. The number of likely N-dealkylation sites (N-methyl/N-ethyl adjacent to an activating group) is 1. The van der Waals surface area contributed by atoms with Crippen molar-refractivity contribution in [2.75, 3.05) is 13.6 Å². The number of hydrogen-bond acceptors (Lipinski definition) is 4. The van der Waals surface area contributed by atoms with E-state index in [1.54, 1.807) is 15.7 Å². The Balaban J connectivity index is 1.32. The number of carbonyl (C=O) groups is 2. The average Bonchev–Trinajstić information content (AvgIpc) is 3.52. The number of rotatable bonds is 8. The maximum atomic E-state index is 13.5. The summed E-state index contributed by atoms with van der Waals surface area (Å²) in [5.74, 6) is 0.0563. The Labute approximate surface area is 209 Å². The molecular formula is C29H28N4O3. The van der Waals surface area contributed by atoms with Gasteiger partial charge in [0.2, 0.25) is 0 Å². The van der Waals surface area contributed by atoms with Gasteiger partial charge in [-0.25, -0.2) is 4.98 Å². The van der Waals surface area contributed by atoms with Crippen LogP contribution in [0.2, 0.25) is 0 Å². The first-order valence-electron chi connectivity index (χ1n) is 12.0. The summed E-state index contributed by atoms with van der Waals surface area (Å²) < 4.78 is 7.28. The molecule has 5 aromatic rings. The Morgan fingerprint density at radius 3 is 2.58 bits per heavy atom. The first-order valence-corrected chi connectivity index (χ1v) is 12.0. The molecule has 0 aliphatic carbocycles. The second-order valence-electron chi connectivity index (χ2n) is 8.93. The number of carbonyl (C=O) groups excluding carboxylic acids is 2. The fraction of sp³-hybridized carbons (Fsp3) is 0.207. The Morgan fingerprint density at radius 1 is 1.00 bits per heavy atom. The molecule has 0 aliphatic rings. The molecule has 2 aromatic heterocycles. The van der Waals surface area contributed by atoms with Crippen LogP contribution in [0.25, 0.3) is 22.0 Å². The van der Waals surface area contributed by atoms with E-state index in [0.29, 0.717) is 36.4 Å². The summed E-state index contributed by atoms with van der Waals surface area (Å²) in [7, 11) is 3.66. The third kappa shape index (κ3) is 4.60. The summed E-state index contributed by atoms with van der Waals surface area (Å²) in [5.41, 5.74) is 4.11. The van der Waals surface area contributed by atoms with Gasteiger partial charge in [0.05, 0.1) is 22.9 Å². The number of para-hydroxylation sites is 2. The van der Waals surface area contributed by atoms with Crippen LogP contribution >= 0.6 is 0 Å². The molecule has 0 bridgehead atoms. The van der Waals surface area contributed by atoms with Gasteiger partial charge in [-0.2, -0.15) is 0 Å². The van der Waals surface area contributed by atoms with Gasteiger partial charge in [0.1, 0.15) is 5.58 Å². The highest BCUT2D eigenvalue weighted by Crippen LogP contribution is 2.23. The number of nitrogens with one attached hydrogen (secondary N) is 1. The highest BCUT2D eigenvalue weighted by molar-refractivity contribution is 6.06. The molecule has 0 spiro atoms. The first-order chi connectivity index (χ1) is 17.5. The number of aryl methyl sites for hydroxylation is 1. The van der Waals surface area contributed by atoms with E-state index in [2.05, 4.69) is 22.4 Å². The largest absolute Gasteiger partial charge is 0.464 e. The quantitative estimate of drug-likeness (QED) is 0.345. The van der Waals surface area contributed by atoms with E-state index in [1.807, 2.05) is 80.8 Å². The molecule has 7 nitrogen and oxygen atoms in total. The molecule has 0 saturated carbocycles. The van der Waals surface area contributed by atoms with Crippen LogP contribution in [0.3, 0.4) is 0 Å². The third-order valence-corrected chi connectivity index (χ3v) is 6.66. The van der Waals surface area contributed by atoms with Crippen LogP contribution in [0.1, 0.15) is 33.0 Å². The number of amides is 2. The van der Waals surface area contributed by atoms with Gasteiger partial charge in [-0.15, -0.1) is 0 Å². The van der Waals surface area contributed by atoms with E-state index in [-0.39, 0.29) is 17.9 Å². The van der Waals surface area contributed by atoms with Crippen LogP contribution in [0.4, 0.5) is 0 Å². The molecule has 1 N–H and O–H groups in total. The van der Waals surface area contributed by atoms with Gasteiger partial charge in [-0.05, 0) is 48.7 Å². The van der Waals surface area contributed by atoms with E-state index < -0.39 is 0 Å². The number of furan rings is 1. The molecule has 3 aromatic carbocycles. The maximum Gasteiger partial charge on any atom is 0.287 e. The Bertz CT molecular complexity index is 1520. The molecule has 7 heteroatoms. The van der Waals surface area contributed by atoms with Crippen molar-refractivity contribution in [2.45, 2.75) is 18.9 Å². The van der Waals surface area contributed by atoms with Crippen LogP contribution in [0.15, 0.2) is 89.5 Å². The number of imidazole rings is 1. The molecular weight excluding hydrogens is 452 g/mol. The number of aromatic nitrogens is 2. The summed E-state index contributed by atoms with van der Waals surface area (Å²) >= 11 is 0. The van der Waals surface area contributed by atoms with Crippen molar-refractivity contribution < 1.29 is 14.0 Å². The predicted octanol–water partition coefficient (Wildman–Crippen LogP) is 4.82. The fourth-order valence-corrected chi connectivity index (χ4v) is 4.64. The number of nitrogens with zero attached hydrogens (tertiary/aromatic N) is 3. The molecule has 0 saturated heterocycles. The van der Waals surface area contributed by atoms with E-state index in [9.17, 15) is 9.59 Å². The molecule has 182 valence electrons. The van der Waals surface area contributed by atoms with E-state index in [1.165, 1.54) is 0 Å². The van der Waals surface area contributed by atoms with Crippen molar-refractivity contribution in [3.63, 3.8) is 0 Å². The zero-order chi connectivity index (χ0) is 25.1. The minimum atomic E-state index is -0.232. The number of benzene rings is 3. The highest BCUT2D eigenvalue weighted by Gasteiger charge is 2.24. The molecule has 2 amide bonds. The molecule has 0 radical (unpaired) electrons. The van der Waals surface area contributed by atoms with Crippen molar-refractivity contribution in [3.8, 4) is 0 Å². The summed E-state index contributed by atoms with van der Waals surface area (Å²) in [6.07, 6.45) is 2.86. The Morgan fingerprint density at radius 2 is 1.78 bits per heavy atom.